The topological polar surface area (TPSA) is 65.3 Å². The Morgan fingerprint density at radius 2 is 1.79 bits per heavy atom. The second-order valence-corrected chi connectivity index (χ2v) is 3.26. The minimum absolute atomic E-state index is 0.0402. The molecule has 0 unspecified atom stereocenters. The van der Waals surface area contributed by atoms with Crippen molar-refractivity contribution in [3.05, 3.63) is 27.3 Å². The summed E-state index contributed by atoms with van der Waals surface area (Å²) in [6.07, 6.45) is -10.4. The Morgan fingerprint density at radius 1 is 1.26 bits per heavy atom. The van der Waals surface area contributed by atoms with Crippen LogP contribution in [0.1, 0.15) is 11.1 Å². The third-order valence-corrected chi connectivity index (χ3v) is 1.92. The number of alkyl halides is 6. The zero-order valence-corrected chi connectivity index (χ0v) is 8.96. The standard InChI is InChI=1S/C8H4F6N2O3/c1-3-4(7(9,10)11)2-5(16(17)18)15-6(3)19-8(12,13)14/h2H,1H3. The average Bonchev–Trinajstić information content (AvgIpc) is 2.16. The molecule has 1 aromatic rings. The molecule has 0 amide bonds. The zero-order valence-electron chi connectivity index (χ0n) is 8.96. The van der Waals surface area contributed by atoms with Gasteiger partial charge in [0.05, 0.1) is 11.1 Å². The van der Waals surface area contributed by atoms with Gasteiger partial charge in [0.25, 0.3) is 0 Å². The average molecular weight is 290 g/mol. The van der Waals surface area contributed by atoms with Crippen LogP contribution in [0.2, 0.25) is 0 Å². The minimum Gasteiger partial charge on any atom is -0.366 e. The van der Waals surface area contributed by atoms with E-state index in [4.69, 9.17) is 0 Å². The van der Waals surface area contributed by atoms with E-state index in [0.29, 0.717) is 6.92 Å². The highest BCUT2D eigenvalue weighted by molar-refractivity contribution is 5.42. The Kier molecular flexibility index (Phi) is 3.59. The van der Waals surface area contributed by atoms with Gasteiger partial charge in [-0.15, -0.1) is 13.2 Å². The number of hydrogen-bond acceptors (Lipinski definition) is 4. The van der Waals surface area contributed by atoms with Gasteiger partial charge in [-0.2, -0.15) is 13.2 Å². The molecule has 0 atom stereocenters. The van der Waals surface area contributed by atoms with E-state index in [1.54, 1.807) is 0 Å². The molecule has 0 radical (unpaired) electrons. The molecule has 0 spiro atoms. The predicted molar refractivity (Wildman–Crippen MR) is 47.3 cm³/mol. The second kappa shape index (κ2) is 4.55. The van der Waals surface area contributed by atoms with Gasteiger partial charge in [0, 0.05) is 11.1 Å². The molecule has 0 bridgehead atoms. The SMILES string of the molecule is Cc1c(C(F)(F)F)cc([N+](=O)[O-])nc1OC(F)(F)F. The van der Waals surface area contributed by atoms with Gasteiger partial charge in [0.1, 0.15) is 0 Å². The summed E-state index contributed by atoms with van der Waals surface area (Å²) in [5.41, 5.74) is -2.61. The molecule has 0 aromatic carbocycles. The van der Waals surface area contributed by atoms with E-state index in [-0.39, 0.29) is 6.07 Å². The lowest BCUT2D eigenvalue weighted by Gasteiger charge is -2.12. The van der Waals surface area contributed by atoms with Gasteiger partial charge in [0.2, 0.25) is 0 Å². The number of hydrogen-bond donors (Lipinski definition) is 0. The molecule has 0 aliphatic carbocycles. The van der Waals surface area contributed by atoms with Gasteiger partial charge in [-0.05, 0) is 11.8 Å². The molecule has 19 heavy (non-hydrogen) atoms. The van der Waals surface area contributed by atoms with Gasteiger partial charge in [-0.3, -0.25) is 0 Å². The van der Waals surface area contributed by atoms with Gasteiger partial charge < -0.3 is 14.9 Å². The molecular weight excluding hydrogens is 286 g/mol. The maximum atomic E-state index is 12.5. The molecule has 0 N–H and O–H groups in total. The molecule has 1 rings (SSSR count). The lowest BCUT2D eigenvalue weighted by molar-refractivity contribution is -0.390. The zero-order chi connectivity index (χ0) is 15.0. The number of ether oxygens (including phenoxy) is 1. The van der Waals surface area contributed by atoms with Crippen molar-refractivity contribution < 1.29 is 36.0 Å². The molecule has 0 saturated heterocycles. The Balaban J connectivity index is 3.46. The summed E-state index contributed by atoms with van der Waals surface area (Å²) >= 11 is 0. The van der Waals surface area contributed by atoms with Crippen molar-refractivity contribution in [2.75, 3.05) is 0 Å². The van der Waals surface area contributed by atoms with Gasteiger partial charge >= 0.3 is 24.2 Å². The van der Waals surface area contributed by atoms with Crippen LogP contribution in [0.25, 0.3) is 0 Å². The van der Waals surface area contributed by atoms with Crippen LogP contribution in [0, 0.1) is 17.0 Å². The van der Waals surface area contributed by atoms with Crippen LogP contribution in [0.3, 0.4) is 0 Å². The van der Waals surface area contributed by atoms with Crippen molar-refractivity contribution in [3.8, 4) is 5.88 Å². The van der Waals surface area contributed by atoms with E-state index in [1.807, 2.05) is 0 Å². The lowest BCUT2D eigenvalue weighted by atomic mass is 10.1. The van der Waals surface area contributed by atoms with Crippen LogP contribution in [0.4, 0.5) is 32.2 Å². The first kappa shape index (κ1) is 15.0. The third kappa shape index (κ3) is 3.69. The molecule has 11 heteroatoms. The van der Waals surface area contributed by atoms with Gasteiger partial charge in [0.15, 0.2) is 0 Å². The molecule has 106 valence electrons. The Hall–Kier alpha value is -2.07. The van der Waals surface area contributed by atoms with Gasteiger partial charge in [-0.25, -0.2) is 0 Å². The van der Waals surface area contributed by atoms with E-state index >= 15 is 0 Å². The molecule has 1 heterocycles. The largest absolute Gasteiger partial charge is 0.575 e. The normalized spacial score (nSPS) is 12.4. The fourth-order valence-corrected chi connectivity index (χ4v) is 1.17. The predicted octanol–water partition coefficient (Wildman–Crippen LogP) is 3.22. The fraction of sp³-hybridized carbons (Fsp3) is 0.375. The number of aromatic nitrogens is 1. The van der Waals surface area contributed by atoms with E-state index in [0.717, 1.165) is 0 Å². The minimum atomic E-state index is -5.31. The fourth-order valence-electron chi connectivity index (χ4n) is 1.17. The molecule has 0 saturated carbocycles. The van der Waals surface area contributed by atoms with Crippen LogP contribution < -0.4 is 4.74 Å². The molecule has 0 aliphatic heterocycles. The summed E-state index contributed by atoms with van der Waals surface area (Å²) in [5, 5.41) is 10.3. The molecule has 0 fully saturated rings. The highest BCUT2D eigenvalue weighted by Gasteiger charge is 2.41. The summed E-state index contributed by atoms with van der Waals surface area (Å²) < 4.78 is 76.7. The Bertz CT molecular complexity index is 510. The van der Waals surface area contributed by atoms with E-state index < -0.39 is 40.3 Å². The van der Waals surface area contributed by atoms with E-state index in [9.17, 15) is 36.5 Å². The van der Waals surface area contributed by atoms with Gasteiger partial charge in [-0.1, -0.05) is 0 Å². The maximum Gasteiger partial charge on any atom is 0.575 e. The van der Waals surface area contributed by atoms with Crippen molar-refractivity contribution in [3.63, 3.8) is 0 Å². The Morgan fingerprint density at radius 3 is 2.16 bits per heavy atom. The highest BCUT2D eigenvalue weighted by Crippen LogP contribution is 2.38. The van der Waals surface area contributed by atoms with Crippen LogP contribution >= 0.6 is 0 Å². The summed E-state index contributed by atoms with van der Waals surface area (Å²) in [4.78, 5) is 11.8. The highest BCUT2D eigenvalue weighted by atomic mass is 19.4. The summed E-state index contributed by atoms with van der Waals surface area (Å²) in [7, 11) is 0. The second-order valence-electron chi connectivity index (χ2n) is 3.26. The number of nitro groups is 1. The van der Waals surface area contributed by atoms with Crippen LogP contribution in [0.5, 0.6) is 5.88 Å². The lowest BCUT2D eigenvalue weighted by Crippen LogP contribution is -2.20. The summed E-state index contributed by atoms with van der Waals surface area (Å²) in [6.45, 7) is 0.667. The van der Waals surface area contributed by atoms with E-state index in [1.165, 1.54) is 0 Å². The summed E-state index contributed by atoms with van der Waals surface area (Å²) in [6, 6.07) is 0.0402. The monoisotopic (exact) mass is 290 g/mol. The number of rotatable bonds is 2. The first-order chi connectivity index (χ1) is 8.42. The number of pyridine rings is 1. The van der Waals surface area contributed by atoms with Crippen molar-refractivity contribution in [1.82, 2.24) is 4.98 Å². The van der Waals surface area contributed by atoms with E-state index in [2.05, 4.69) is 9.72 Å². The molecule has 5 nitrogen and oxygen atoms in total. The van der Waals surface area contributed by atoms with Crippen molar-refractivity contribution in [2.24, 2.45) is 0 Å². The van der Waals surface area contributed by atoms with Crippen molar-refractivity contribution >= 4 is 5.82 Å². The van der Waals surface area contributed by atoms with Crippen molar-refractivity contribution in [2.45, 2.75) is 19.5 Å². The van der Waals surface area contributed by atoms with Crippen LogP contribution in [-0.2, 0) is 6.18 Å². The number of nitrogens with zero attached hydrogens (tertiary/aromatic N) is 2. The van der Waals surface area contributed by atoms with Crippen molar-refractivity contribution in [1.29, 1.82) is 0 Å². The maximum absolute atomic E-state index is 12.5. The molecule has 1 aromatic heterocycles. The third-order valence-electron chi connectivity index (χ3n) is 1.92. The van der Waals surface area contributed by atoms with Crippen LogP contribution in [0.15, 0.2) is 6.07 Å². The molecular formula is C8H4F6N2O3. The first-order valence-corrected chi connectivity index (χ1v) is 4.41. The molecule has 0 aliphatic rings. The summed E-state index contributed by atoms with van der Waals surface area (Å²) in [5.74, 6) is -2.90. The quantitative estimate of drug-likeness (QED) is 0.476. The van der Waals surface area contributed by atoms with Crippen LogP contribution in [-0.4, -0.2) is 16.3 Å². The Labute approximate surface area is 101 Å². The first-order valence-electron chi connectivity index (χ1n) is 4.41. The smallest absolute Gasteiger partial charge is 0.366 e. The number of halogens is 6.